The normalized spacial score (nSPS) is 10.1. The zero-order valence-electron chi connectivity index (χ0n) is 9.47. The van der Waals surface area contributed by atoms with Gasteiger partial charge in [0.25, 0.3) is 5.24 Å². The van der Waals surface area contributed by atoms with Crippen molar-refractivity contribution in [2.24, 2.45) is 0 Å². The maximum Gasteiger partial charge on any atom is 0.279 e. The molecule has 14 heavy (non-hydrogen) atoms. The molecule has 1 N–H and O–H groups in total. The highest BCUT2D eigenvalue weighted by atomic mass is 32.2. The Morgan fingerprint density at radius 2 is 1.71 bits per heavy atom. The fraction of sp³-hybridized carbons (Fsp3) is 0.909. The fourth-order valence-corrected chi connectivity index (χ4v) is 1.74. The molecule has 0 saturated heterocycles. The summed E-state index contributed by atoms with van der Waals surface area (Å²) in [5.74, 6) is 0.863. The first kappa shape index (κ1) is 13.8. The maximum absolute atomic E-state index is 11.0. The molecule has 0 aromatic carbocycles. The number of unbranched alkanes of at least 4 members (excludes halogenated alkanes) is 5. The lowest BCUT2D eigenvalue weighted by atomic mass is 10.1. The van der Waals surface area contributed by atoms with Crippen molar-refractivity contribution >= 4 is 17.0 Å². The van der Waals surface area contributed by atoms with Crippen molar-refractivity contribution < 1.29 is 4.79 Å². The average molecular weight is 217 g/mol. The third kappa shape index (κ3) is 9.90. The number of hydrogen-bond donors (Lipinski definition) is 1. The molecule has 0 saturated carbocycles. The summed E-state index contributed by atoms with van der Waals surface area (Å²) in [6.45, 7) is 5.06. The second kappa shape index (κ2) is 10.9. The fourth-order valence-electron chi connectivity index (χ4n) is 1.28. The molecule has 0 heterocycles. The molecule has 84 valence electrons. The molecule has 0 atom stereocenters. The molecule has 0 aromatic heterocycles. The second-order valence-corrected chi connectivity index (χ2v) is 4.65. The second-order valence-electron chi connectivity index (χ2n) is 3.42. The van der Waals surface area contributed by atoms with E-state index in [0.29, 0.717) is 0 Å². The molecule has 0 radical (unpaired) electrons. The van der Waals surface area contributed by atoms with E-state index in [1.54, 1.807) is 0 Å². The summed E-state index contributed by atoms with van der Waals surface area (Å²) in [6.07, 6.45) is 7.66. The molecular weight excluding hydrogens is 194 g/mol. The molecular formula is C11H23NOS. The molecule has 1 amide bonds. The molecule has 0 fully saturated rings. The van der Waals surface area contributed by atoms with Gasteiger partial charge in [-0.2, -0.15) is 0 Å². The van der Waals surface area contributed by atoms with Crippen molar-refractivity contribution in [3.63, 3.8) is 0 Å². The van der Waals surface area contributed by atoms with Crippen LogP contribution in [0.3, 0.4) is 0 Å². The molecule has 0 unspecified atom stereocenters. The van der Waals surface area contributed by atoms with Crippen LogP contribution in [0.5, 0.6) is 0 Å². The molecule has 0 spiro atoms. The molecule has 0 aliphatic heterocycles. The van der Waals surface area contributed by atoms with Gasteiger partial charge >= 0.3 is 0 Å². The van der Waals surface area contributed by atoms with Crippen molar-refractivity contribution in [2.45, 2.75) is 52.4 Å². The van der Waals surface area contributed by atoms with Crippen LogP contribution in [-0.4, -0.2) is 17.5 Å². The Labute approximate surface area is 92.2 Å². The van der Waals surface area contributed by atoms with E-state index in [1.165, 1.54) is 43.9 Å². The monoisotopic (exact) mass is 217 g/mol. The summed E-state index contributed by atoms with van der Waals surface area (Å²) in [5.41, 5.74) is 0. The molecule has 3 heteroatoms. The first-order valence-corrected chi connectivity index (χ1v) is 6.70. The van der Waals surface area contributed by atoms with Crippen LogP contribution in [0.25, 0.3) is 0 Å². The van der Waals surface area contributed by atoms with E-state index < -0.39 is 0 Å². The minimum atomic E-state index is 0.126. The smallest absolute Gasteiger partial charge is 0.279 e. The van der Waals surface area contributed by atoms with Gasteiger partial charge in [-0.05, 0) is 12.2 Å². The van der Waals surface area contributed by atoms with E-state index in [1.807, 2.05) is 6.92 Å². The van der Waals surface area contributed by atoms with E-state index >= 15 is 0 Å². The molecule has 2 nitrogen and oxygen atoms in total. The summed E-state index contributed by atoms with van der Waals surface area (Å²) < 4.78 is 0. The topological polar surface area (TPSA) is 29.1 Å². The van der Waals surface area contributed by atoms with Gasteiger partial charge in [-0.15, -0.1) is 0 Å². The lowest BCUT2D eigenvalue weighted by molar-refractivity contribution is 0.260. The van der Waals surface area contributed by atoms with Gasteiger partial charge in [0.15, 0.2) is 0 Å². The summed E-state index contributed by atoms with van der Waals surface area (Å²) in [5, 5.41) is 3.02. The largest absolute Gasteiger partial charge is 0.347 e. The first-order valence-electron chi connectivity index (χ1n) is 5.71. The Hall–Kier alpha value is -0.180. The number of nitrogens with one attached hydrogen (secondary N) is 1. The standard InChI is InChI=1S/C11H23NOS/c1-3-5-6-7-8-9-10-12-11(13)14-4-2/h3-10H2,1-2H3,(H,12,13). The van der Waals surface area contributed by atoms with Crippen LogP contribution in [0.1, 0.15) is 52.4 Å². The van der Waals surface area contributed by atoms with Gasteiger partial charge in [-0.3, -0.25) is 4.79 Å². The van der Waals surface area contributed by atoms with Gasteiger partial charge in [0.1, 0.15) is 0 Å². The lowest BCUT2D eigenvalue weighted by Gasteiger charge is -2.03. The van der Waals surface area contributed by atoms with E-state index in [9.17, 15) is 4.79 Å². The highest BCUT2D eigenvalue weighted by Crippen LogP contribution is 2.05. The van der Waals surface area contributed by atoms with Crippen molar-refractivity contribution in [3.05, 3.63) is 0 Å². The number of carbonyl (C=O) groups is 1. The predicted molar refractivity (Wildman–Crippen MR) is 64.9 cm³/mol. The first-order chi connectivity index (χ1) is 6.81. The van der Waals surface area contributed by atoms with Crippen molar-refractivity contribution in [1.29, 1.82) is 0 Å². The Morgan fingerprint density at radius 3 is 2.36 bits per heavy atom. The van der Waals surface area contributed by atoms with Crippen molar-refractivity contribution in [1.82, 2.24) is 5.32 Å². The van der Waals surface area contributed by atoms with Gasteiger partial charge in [0.05, 0.1) is 0 Å². The van der Waals surface area contributed by atoms with Crippen molar-refractivity contribution in [3.8, 4) is 0 Å². The number of thioether (sulfide) groups is 1. The van der Waals surface area contributed by atoms with Gasteiger partial charge in [0, 0.05) is 6.54 Å². The highest BCUT2D eigenvalue weighted by Gasteiger charge is 1.97. The maximum atomic E-state index is 11.0. The Kier molecular flexibility index (Phi) is 10.8. The number of amides is 1. The van der Waals surface area contributed by atoms with Crippen LogP contribution in [0.15, 0.2) is 0 Å². The Morgan fingerprint density at radius 1 is 1.07 bits per heavy atom. The highest BCUT2D eigenvalue weighted by molar-refractivity contribution is 8.13. The van der Waals surface area contributed by atoms with Crippen LogP contribution < -0.4 is 5.32 Å². The summed E-state index contributed by atoms with van der Waals surface area (Å²) in [6, 6.07) is 0. The van der Waals surface area contributed by atoms with Crippen LogP contribution >= 0.6 is 11.8 Å². The number of rotatable bonds is 8. The summed E-state index contributed by atoms with van der Waals surface area (Å²) in [7, 11) is 0. The Balaban J connectivity index is 3.01. The van der Waals surface area contributed by atoms with E-state index in [2.05, 4.69) is 12.2 Å². The molecule has 0 bridgehead atoms. The molecule has 0 aliphatic carbocycles. The molecule has 0 rings (SSSR count). The van der Waals surface area contributed by atoms with Crippen LogP contribution in [0, 0.1) is 0 Å². The van der Waals surface area contributed by atoms with Gasteiger partial charge < -0.3 is 5.32 Å². The minimum Gasteiger partial charge on any atom is -0.347 e. The zero-order chi connectivity index (χ0) is 10.6. The minimum absolute atomic E-state index is 0.126. The average Bonchev–Trinajstić information content (AvgIpc) is 2.17. The zero-order valence-corrected chi connectivity index (χ0v) is 10.3. The third-order valence-corrected chi connectivity index (χ3v) is 2.77. The SMILES string of the molecule is CCCCCCCCNC(=O)SCC. The number of carbonyl (C=O) groups excluding carboxylic acids is 1. The third-order valence-electron chi connectivity index (χ3n) is 2.08. The van der Waals surface area contributed by atoms with Crippen LogP contribution in [0.4, 0.5) is 4.79 Å². The van der Waals surface area contributed by atoms with Gasteiger partial charge in [0.2, 0.25) is 0 Å². The van der Waals surface area contributed by atoms with Gasteiger partial charge in [-0.1, -0.05) is 57.7 Å². The number of hydrogen-bond acceptors (Lipinski definition) is 2. The predicted octanol–water partition coefficient (Wildman–Crippen LogP) is 3.81. The van der Waals surface area contributed by atoms with Crippen LogP contribution in [-0.2, 0) is 0 Å². The lowest BCUT2D eigenvalue weighted by Crippen LogP contribution is -2.19. The van der Waals surface area contributed by atoms with E-state index in [4.69, 9.17) is 0 Å². The quantitative estimate of drug-likeness (QED) is 0.626. The van der Waals surface area contributed by atoms with Crippen molar-refractivity contribution in [2.75, 3.05) is 12.3 Å². The summed E-state index contributed by atoms with van der Waals surface area (Å²) >= 11 is 1.35. The summed E-state index contributed by atoms with van der Waals surface area (Å²) in [4.78, 5) is 11.0. The van der Waals surface area contributed by atoms with E-state index in [-0.39, 0.29) is 5.24 Å². The van der Waals surface area contributed by atoms with Crippen LogP contribution in [0.2, 0.25) is 0 Å². The van der Waals surface area contributed by atoms with Gasteiger partial charge in [-0.25, -0.2) is 0 Å². The molecule has 0 aliphatic rings. The Bertz CT molecular complexity index is 139. The van der Waals surface area contributed by atoms with E-state index in [0.717, 1.165) is 18.7 Å². The molecule has 0 aromatic rings.